The number of rotatable bonds is 6. The molecule has 1 aromatic rings. The van der Waals surface area contributed by atoms with Crippen molar-refractivity contribution in [2.24, 2.45) is 0 Å². The Morgan fingerprint density at radius 1 is 1.09 bits per heavy atom. The van der Waals surface area contributed by atoms with E-state index in [1.165, 1.54) is 0 Å². The van der Waals surface area contributed by atoms with Crippen LogP contribution in [0.5, 0.6) is 0 Å². The Hall–Kier alpha value is -1.95. The molecule has 0 aliphatic carbocycles. The molecule has 0 fully saturated rings. The number of hydrogen-bond donors (Lipinski definition) is 3. The predicted octanol–water partition coefficient (Wildman–Crippen LogP) is 3.35. The van der Waals surface area contributed by atoms with Crippen molar-refractivity contribution in [3.8, 4) is 0 Å². The van der Waals surface area contributed by atoms with Crippen LogP contribution in [0, 0.1) is 6.92 Å². The number of thiocarbonyl (C=S) groups is 1. The molecular weight excluding hydrogens is 298 g/mol. The first-order valence-electron chi connectivity index (χ1n) is 7.48. The molecule has 0 aliphatic rings. The minimum absolute atomic E-state index is 0.0457. The number of carbonyl (C=O) groups is 2. The van der Waals surface area contributed by atoms with Crippen LogP contribution < -0.4 is 16.0 Å². The summed E-state index contributed by atoms with van der Waals surface area (Å²) in [6.07, 6.45) is 2.69. The van der Waals surface area contributed by atoms with E-state index in [0.29, 0.717) is 12.8 Å². The topological polar surface area (TPSA) is 70.2 Å². The van der Waals surface area contributed by atoms with Gasteiger partial charge in [0.15, 0.2) is 5.11 Å². The lowest BCUT2D eigenvalue weighted by molar-refractivity contribution is -0.119. The molecule has 3 N–H and O–H groups in total. The van der Waals surface area contributed by atoms with Crippen molar-refractivity contribution in [1.82, 2.24) is 5.32 Å². The van der Waals surface area contributed by atoms with Gasteiger partial charge in [0.2, 0.25) is 11.8 Å². The smallest absolute Gasteiger partial charge is 0.226 e. The molecule has 0 heterocycles. The summed E-state index contributed by atoms with van der Waals surface area (Å²) in [5.74, 6) is -0.136. The summed E-state index contributed by atoms with van der Waals surface area (Å²) < 4.78 is 0. The maximum Gasteiger partial charge on any atom is 0.226 e. The van der Waals surface area contributed by atoms with Crippen LogP contribution in [0.25, 0.3) is 0 Å². The van der Waals surface area contributed by atoms with Crippen LogP contribution in [0.2, 0.25) is 0 Å². The van der Waals surface area contributed by atoms with Gasteiger partial charge in [0, 0.05) is 24.2 Å². The van der Waals surface area contributed by atoms with Crippen molar-refractivity contribution in [2.45, 2.75) is 46.5 Å². The quantitative estimate of drug-likeness (QED) is 0.703. The van der Waals surface area contributed by atoms with Gasteiger partial charge in [-0.25, -0.2) is 0 Å². The SMILES string of the molecule is CCCCC(=O)NC(=S)Nc1cccc(NC(=O)CC)c1C. The first-order chi connectivity index (χ1) is 10.5. The highest BCUT2D eigenvalue weighted by molar-refractivity contribution is 7.80. The zero-order valence-corrected chi connectivity index (χ0v) is 14.1. The van der Waals surface area contributed by atoms with Crippen LogP contribution in [0.4, 0.5) is 11.4 Å². The molecule has 1 rings (SSSR count). The summed E-state index contributed by atoms with van der Waals surface area (Å²) in [6.45, 7) is 5.71. The van der Waals surface area contributed by atoms with E-state index in [1.807, 2.05) is 32.0 Å². The maximum atomic E-state index is 11.6. The molecule has 0 spiro atoms. The normalized spacial score (nSPS) is 9.95. The Kier molecular flexibility index (Phi) is 7.52. The Morgan fingerprint density at radius 3 is 2.32 bits per heavy atom. The molecule has 5 nitrogen and oxygen atoms in total. The van der Waals surface area contributed by atoms with Crippen LogP contribution in [-0.2, 0) is 9.59 Å². The van der Waals surface area contributed by atoms with Crippen molar-refractivity contribution in [3.05, 3.63) is 23.8 Å². The van der Waals surface area contributed by atoms with Gasteiger partial charge < -0.3 is 16.0 Å². The molecule has 6 heteroatoms. The maximum absolute atomic E-state index is 11.6. The average molecular weight is 321 g/mol. The molecule has 0 bridgehead atoms. The van der Waals surface area contributed by atoms with Crippen molar-refractivity contribution in [1.29, 1.82) is 0 Å². The molecule has 0 unspecified atom stereocenters. The summed E-state index contributed by atoms with van der Waals surface area (Å²) in [5.41, 5.74) is 2.36. The number of carbonyl (C=O) groups excluding carboxylic acids is 2. The van der Waals surface area contributed by atoms with Crippen LogP contribution >= 0.6 is 12.2 Å². The van der Waals surface area contributed by atoms with Gasteiger partial charge >= 0.3 is 0 Å². The summed E-state index contributed by atoms with van der Waals surface area (Å²) in [5, 5.41) is 8.75. The van der Waals surface area contributed by atoms with E-state index in [1.54, 1.807) is 6.92 Å². The fourth-order valence-corrected chi connectivity index (χ4v) is 2.05. The third-order valence-corrected chi connectivity index (χ3v) is 3.39. The molecule has 120 valence electrons. The van der Waals surface area contributed by atoms with Crippen LogP contribution in [0.3, 0.4) is 0 Å². The fourth-order valence-electron chi connectivity index (χ4n) is 1.83. The van der Waals surface area contributed by atoms with E-state index < -0.39 is 0 Å². The highest BCUT2D eigenvalue weighted by Gasteiger charge is 2.09. The van der Waals surface area contributed by atoms with Gasteiger partial charge in [0.25, 0.3) is 0 Å². The predicted molar refractivity (Wildman–Crippen MR) is 94.0 cm³/mol. The first-order valence-corrected chi connectivity index (χ1v) is 7.89. The molecule has 22 heavy (non-hydrogen) atoms. The Labute approximate surface area is 136 Å². The van der Waals surface area contributed by atoms with E-state index in [0.717, 1.165) is 29.8 Å². The van der Waals surface area contributed by atoms with Gasteiger partial charge in [-0.15, -0.1) is 0 Å². The van der Waals surface area contributed by atoms with Crippen LogP contribution in [0.15, 0.2) is 18.2 Å². The monoisotopic (exact) mass is 321 g/mol. The number of amides is 2. The van der Waals surface area contributed by atoms with Crippen molar-refractivity contribution < 1.29 is 9.59 Å². The molecule has 0 radical (unpaired) electrons. The minimum Gasteiger partial charge on any atom is -0.332 e. The molecular formula is C16H23N3O2S. The summed E-state index contributed by atoms with van der Waals surface area (Å²) in [6, 6.07) is 5.50. The first kappa shape index (κ1) is 18.1. The van der Waals surface area contributed by atoms with Crippen molar-refractivity contribution >= 4 is 40.5 Å². The lowest BCUT2D eigenvalue weighted by atomic mass is 10.1. The lowest BCUT2D eigenvalue weighted by Gasteiger charge is -2.15. The molecule has 0 aliphatic heterocycles. The number of hydrogen-bond acceptors (Lipinski definition) is 3. The van der Waals surface area contributed by atoms with Gasteiger partial charge in [-0.2, -0.15) is 0 Å². The van der Waals surface area contributed by atoms with E-state index in [4.69, 9.17) is 12.2 Å². The summed E-state index contributed by atoms with van der Waals surface area (Å²) in [7, 11) is 0. The van der Waals surface area contributed by atoms with Crippen molar-refractivity contribution in [2.75, 3.05) is 10.6 Å². The van der Waals surface area contributed by atoms with Gasteiger partial charge in [-0.3, -0.25) is 9.59 Å². The Morgan fingerprint density at radius 2 is 1.73 bits per heavy atom. The summed E-state index contributed by atoms with van der Waals surface area (Å²) >= 11 is 5.15. The van der Waals surface area contributed by atoms with Gasteiger partial charge in [0.1, 0.15) is 0 Å². The second-order valence-corrected chi connectivity index (χ2v) is 5.39. The second kappa shape index (κ2) is 9.15. The van der Waals surface area contributed by atoms with E-state index in [-0.39, 0.29) is 16.9 Å². The third-order valence-electron chi connectivity index (χ3n) is 3.19. The van der Waals surface area contributed by atoms with E-state index in [9.17, 15) is 9.59 Å². The molecule has 1 aromatic carbocycles. The minimum atomic E-state index is -0.0903. The van der Waals surface area contributed by atoms with Crippen molar-refractivity contribution in [3.63, 3.8) is 0 Å². The average Bonchev–Trinajstić information content (AvgIpc) is 2.48. The standard InChI is InChI=1S/C16H23N3O2S/c1-4-6-10-15(21)19-16(22)18-13-9-7-8-12(11(13)3)17-14(20)5-2/h7-9H,4-6,10H2,1-3H3,(H,17,20)(H2,18,19,21,22). The number of unbranched alkanes of at least 4 members (excludes halogenated alkanes) is 1. The highest BCUT2D eigenvalue weighted by atomic mass is 32.1. The fraction of sp³-hybridized carbons (Fsp3) is 0.438. The van der Waals surface area contributed by atoms with E-state index in [2.05, 4.69) is 16.0 Å². The third kappa shape index (κ3) is 5.81. The lowest BCUT2D eigenvalue weighted by Crippen LogP contribution is -2.34. The van der Waals surface area contributed by atoms with Crippen LogP contribution in [0.1, 0.15) is 45.1 Å². The number of benzene rings is 1. The Balaban J connectivity index is 2.69. The highest BCUT2D eigenvalue weighted by Crippen LogP contribution is 2.23. The molecule has 0 aromatic heterocycles. The Bertz CT molecular complexity index is 558. The van der Waals surface area contributed by atoms with Gasteiger partial charge in [0.05, 0.1) is 0 Å². The number of nitrogens with one attached hydrogen (secondary N) is 3. The largest absolute Gasteiger partial charge is 0.332 e. The molecule has 0 saturated carbocycles. The molecule has 0 saturated heterocycles. The molecule has 0 atom stereocenters. The summed E-state index contributed by atoms with van der Waals surface area (Å²) in [4.78, 5) is 23.1. The second-order valence-electron chi connectivity index (χ2n) is 4.99. The zero-order chi connectivity index (χ0) is 16.5. The van der Waals surface area contributed by atoms with E-state index >= 15 is 0 Å². The van der Waals surface area contributed by atoms with Gasteiger partial charge in [-0.05, 0) is 43.3 Å². The molecule has 2 amide bonds. The van der Waals surface area contributed by atoms with Crippen LogP contribution in [-0.4, -0.2) is 16.9 Å². The van der Waals surface area contributed by atoms with Gasteiger partial charge in [-0.1, -0.05) is 26.3 Å². The number of anilines is 2. The zero-order valence-electron chi connectivity index (χ0n) is 13.3.